The quantitative estimate of drug-likeness (QED) is 0.654. The Bertz CT molecular complexity index is 302. The van der Waals surface area contributed by atoms with Crippen molar-refractivity contribution in [2.45, 2.75) is 26.3 Å². The predicted octanol–water partition coefficient (Wildman–Crippen LogP) is -0.210. The number of piperazine rings is 1. The molecule has 2 unspecified atom stereocenters. The molecule has 1 rings (SSSR count). The molecule has 0 aliphatic carbocycles. The Morgan fingerprint density at radius 1 is 1.28 bits per heavy atom. The first kappa shape index (κ1) is 15.3. The predicted molar refractivity (Wildman–Crippen MR) is 77.2 cm³/mol. The van der Waals surface area contributed by atoms with Gasteiger partial charge in [0.05, 0.1) is 11.0 Å². The van der Waals surface area contributed by atoms with Gasteiger partial charge in [0.2, 0.25) is 5.91 Å². The van der Waals surface area contributed by atoms with Gasteiger partial charge in [0.15, 0.2) is 0 Å². The second-order valence-corrected chi connectivity index (χ2v) is 5.44. The van der Waals surface area contributed by atoms with Crippen LogP contribution in [0.25, 0.3) is 0 Å². The zero-order valence-electron chi connectivity index (χ0n) is 11.3. The van der Waals surface area contributed by atoms with Gasteiger partial charge in [0.25, 0.3) is 0 Å². The number of thiocarbonyl (C=S) groups is 1. The molecule has 6 heteroatoms. The van der Waals surface area contributed by atoms with Crippen LogP contribution in [0.1, 0.15) is 20.3 Å². The summed E-state index contributed by atoms with van der Waals surface area (Å²) in [5.74, 6) is -0.318. The maximum Gasteiger partial charge on any atom is 0.221 e. The van der Waals surface area contributed by atoms with E-state index in [0.717, 1.165) is 39.1 Å². The number of nitrogens with two attached hydrogens (primary N) is 2. The molecule has 1 aliphatic heterocycles. The van der Waals surface area contributed by atoms with Gasteiger partial charge in [-0.3, -0.25) is 9.69 Å². The molecule has 1 amide bonds. The number of nitrogens with zero attached hydrogens (tertiary/aromatic N) is 2. The highest BCUT2D eigenvalue weighted by Crippen LogP contribution is 2.11. The SMILES string of the molecule is CCC(C(N)=S)N1CCN(CC(C)C(N)=O)CC1. The average molecular weight is 272 g/mol. The Hall–Kier alpha value is -0.720. The molecule has 0 saturated carbocycles. The van der Waals surface area contributed by atoms with Crippen LogP contribution in [0.15, 0.2) is 0 Å². The summed E-state index contributed by atoms with van der Waals surface area (Å²) in [4.78, 5) is 16.2. The van der Waals surface area contributed by atoms with Crippen LogP contribution in [-0.2, 0) is 4.79 Å². The minimum Gasteiger partial charge on any atom is -0.392 e. The van der Waals surface area contributed by atoms with Crippen LogP contribution < -0.4 is 11.5 Å². The van der Waals surface area contributed by atoms with Crippen molar-refractivity contribution in [3.8, 4) is 0 Å². The largest absolute Gasteiger partial charge is 0.392 e. The molecule has 1 aliphatic rings. The van der Waals surface area contributed by atoms with E-state index in [2.05, 4.69) is 16.7 Å². The van der Waals surface area contributed by atoms with Gasteiger partial charge < -0.3 is 16.4 Å². The lowest BCUT2D eigenvalue weighted by Crippen LogP contribution is -2.54. The third kappa shape index (κ3) is 4.19. The normalized spacial score (nSPS) is 21.4. The summed E-state index contributed by atoms with van der Waals surface area (Å²) in [6.45, 7) is 8.49. The third-order valence-corrected chi connectivity index (χ3v) is 3.85. The first-order valence-corrected chi connectivity index (χ1v) is 6.91. The van der Waals surface area contributed by atoms with Crippen molar-refractivity contribution in [1.82, 2.24) is 9.80 Å². The van der Waals surface area contributed by atoms with Crippen molar-refractivity contribution in [1.29, 1.82) is 0 Å². The van der Waals surface area contributed by atoms with E-state index in [1.807, 2.05) is 6.92 Å². The molecule has 18 heavy (non-hydrogen) atoms. The monoisotopic (exact) mass is 272 g/mol. The third-order valence-electron chi connectivity index (χ3n) is 3.58. The van der Waals surface area contributed by atoms with Gasteiger partial charge in [0.1, 0.15) is 0 Å². The fraction of sp³-hybridized carbons (Fsp3) is 0.833. The lowest BCUT2D eigenvalue weighted by atomic mass is 10.1. The Morgan fingerprint density at radius 2 is 1.83 bits per heavy atom. The van der Waals surface area contributed by atoms with E-state index in [-0.39, 0.29) is 17.9 Å². The minimum atomic E-state index is -0.230. The van der Waals surface area contributed by atoms with E-state index < -0.39 is 0 Å². The van der Waals surface area contributed by atoms with E-state index in [1.165, 1.54) is 0 Å². The Morgan fingerprint density at radius 3 is 2.22 bits per heavy atom. The second kappa shape index (κ2) is 7.01. The van der Waals surface area contributed by atoms with Crippen molar-refractivity contribution < 1.29 is 4.79 Å². The van der Waals surface area contributed by atoms with Crippen LogP contribution in [0, 0.1) is 5.92 Å². The summed E-state index contributed by atoms with van der Waals surface area (Å²) in [6, 6.07) is 0.204. The van der Waals surface area contributed by atoms with Crippen molar-refractivity contribution in [3.05, 3.63) is 0 Å². The van der Waals surface area contributed by atoms with E-state index in [9.17, 15) is 4.79 Å². The molecule has 4 N–H and O–H groups in total. The molecule has 0 aromatic rings. The number of carbonyl (C=O) groups is 1. The zero-order chi connectivity index (χ0) is 13.7. The first-order chi connectivity index (χ1) is 8.45. The van der Waals surface area contributed by atoms with E-state index >= 15 is 0 Å². The standard InChI is InChI=1S/C12H24N4OS/c1-3-10(12(14)18)16-6-4-15(5-7-16)8-9(2)11(13)17/h9-10H,3-8H2,1-2H3,(H2,13,17)(H2,14,18). The van der Waals surface area contributed by atoms with Gasteiger partial charge in [-0.25, -0.2) is 0 Å². The Kier molecular flexibility index (Phi) is 5.98. The number of primary amides is 1. The number of rotatable bonds is 6. The van der Waals surface area contributed by atoms with Crippen molar-refractivity contribution in [2.75, 3.05) is 32.7 Å². The lowest BCUT2D eigenvalue weighted by Gasteiger charge is -2.39. The van der Waals surface area contributed by atoms with Crippen LogP contribution in [0.5, 0.6) is 0 Å². The van der Waals surface area contributed by atoms with E-state index in [1.54, 1.807) is 0 Å². The topological polar surface area (TPSA) is 75.6 Å². The molecule has 0 spiro atoms. The van der Waals surface area contributed by atoms with Gasteiger partial charge in [0, 0.05) is 38.6 Å². The summed E-state index contributed by atoms with van der Waals surface area (Å²) in [5.41, 5.74) is 11.0. The highest BCUT2D eigenvalue weighted by Gasteiger charge is 2.25. The smallest absolute Gasteiger partial charge is 0.221 e. The number of carbonyl (C=O) groups excluding carboxylic acids is 1. The summed E-state index contributed by atoms with van der Waals surface area (Å²) in [5, 5.41) is 0. The maximum absolute atomic E-state index is 11.0. The van der Waals surface area contributed by atoms with Crippen LogP contribution >= 0.6 is 12.2 Å². The zero-order valence-corrected chi connectivity index (χ0v) is 12.1. The van der Waals surface area contributed by atoms with Gasteiger partial charge in [-0.2, -0.15) is 0 Å². The van der Waals surface area contributed by atoms with Gasteiger partial charge in [-0.05, 0) is 6.42 Å². The van der Waals surface area contributed by atoms with Gasteiger partial charge in [-0.1, -0.05) is 26.1 Å². The van der Waals surface area contributed by atoms with Crippen molar-refractivity contribution >= 4 is 23.1 Å². The molecule has 1 saturated heterocycles. The molecule has 2 atom stereocenters. The van der Waals surface area contributed by atoms with Crippen LogP contribution in [0.3, 0.4) is 0 Å². The van der Waals surface area contributed by atoms with Gasteiger partial charge in [-0.15, -0.1) is 0 Å². The van der Waals surface area contributed by atoms with Crippen molar-refractivity contribution in [3.63, 3.8) is 0 Å². The highest BCUT2D eigenvalue weighted by molar-refractivity contribution is 7.80. The minimum absolute atomic E-state index is 0.0888. The average Bonchev–Trinajstić information content (AvgIpc) is 2.31. The van der Waals surface area contributed by atoms with Crippen molar-refractivity contribution in [2.24, 2.45) is 17.4 Å². The first-order valence-electron chi connectivity index (χ1n) is 6.50. The molecule has 104 valence electrons. The van der Waals surface area contributed by atoms with Crippen LogP contribution in [0.4, 0.5) is 0 Å². The lowest BCUT2D eigenvalue weighted by molar-refractivity contribution is -0.122. The molecule has 1 fully saturated rings. The fourth-order valence-corrected chi connectivity index (χ4v) is 2.69. The Balaban J connectivity index is 2.41. The molecule has 0 bridgehead atoms. The summed E-state index contributed by atoms with van der Waals surface area (Å²) in [7, 11) is 0. The number of hydrogen-bond donors (Lipinski definition) is 2. The number of amides is 1. The Labute approximate surface area is 114 Å². The van der Waals surface area contributed by atoms with E-state index in [0.29, 0.717) is 4.99 Å². The molecule has 0 aromatic heterocycles. The fourth-order valence-electron chi connectivity index (χ4n) is 2.37. The molecule has 1 heterocycles. The summed E-state index contributed by atoms with van der Waals surface area (Å²) in [6.07, 6.45) is 0.951. The maximum atomic E-state index is 11.0. The molecule has 0 aromatic carbocycles. The highest BCUT2D eigenvalue weighted by atomic mass is 32.1. The summed E-state index contributed by atoms with van der Waals surface area (Å²) < 4.78 is 0. The van der Waals surface area contributed by atoms with Gasteiger partial charge >= 0.3 is 0 Å². The molecular weight excluding hydrogens is 248 g/mol. The number of hydrogen-bond acceptors (Lipinski definition) is 4. The molecular formula is C12H24N4OS. The van der Waals surface area contributed by atoms with Crippen LogP contribution in [-0.4, -0.2) is 59.5 Å². The molecule has 0 radical (unpaired) electrons. The summed E-state index contributed by atoms with van der Waals surface area (Å²) >= 11 is 5.09. The molecule has 5 nitrogen and oxygen atoms in total. The van der Waals surface area contributed by atoms with Crippen LogP contribution in [0.2, 0.25) is 0 Å². The van der Waals surface area contributed by atoms with E-state index in [4.69, 9.17) is 23.7 Å². The second-order valence-electron chi connectivity index (χ2n) is 4.97.